The first-order valence-electron chi connectivity index (χ1n) is 6.86. The number of carbonyl (C=O) groups excluding carboxylic acids is 1. The molecular weight excluding hydrogens is 244 g/mol. The van der Waals surface area contributed by atoms with E-state index in [-0.39, 0.29) is 12.1 Å². The highest BCUT2D eigenvalue weighted by Gasteiger charge is 2.20. The molecule has 1 saturated heterocycles. The molecule has 0 aromatic carbocycles. The van der Waals surface area contributed by atoms with Crippen molar-refractivity contribution in [1.82, 2.24) is 20.4 Å². The van der Waals surface area contributed by atoms with E-state index in [4.69, 9.17) is 0 Å². The van der Waals surface area contributed by atoms with Crippen LogP contribution in [0.4, 0.5) is 4.79 Å². The number of likely N-dealkylation sites (tertiary alicyclic amines) is 1. The highest BCUT2D eigenvalue weighted by atomic mass is 16.3. The molecule has 3 N–H and O–H groups in total. The molecule has 1 aliphatic rings. The molecule has 0 atom stereocenters. The Balaban J connectivity index is 1.63. The molecule has 6 nitrogen and oxygen atoms in total. The molecule has 2 heterocycles. The molecular formula is C13H22N4O2. The van der Waals surface area contributed by atoms with Crippen LogP contribution in [0.5, 0.6) is 0 Å². The quantitative estimate of drug-likeness (QED) is 0.706. The van der Waals surface area contributed by atoms with E-state index >= 15 is 0 Å². The topological polar surface area (TPSA) is 81.2 Å². The smallest absolute Gasteiger partial charge is 0.317 e. The summed E-state index contributed by atoms with van der Waals surface area (Å²) in [6.45, 7) is 3.96. The highest BCUT2D eigenvalue weighted by molar-refractivity contribution is 5.74. The largest absolute Gasteiger partial charge is 0.393 e. The third-order valence-electron chi connectivity index (χ3n) is 3.59. The molecule has 0 saturated carbocycles. The maximum Gasteiger partial charge on any atom is 0.317 e. The Morgan fingerprint density at radius 1 is 1.58 bits per heavy atom. The van der Waals surface area contributed by atoms with Gasteiger partial charge in [-0.25, -0.2) is 4.79 Å². The average Bonchev–Trinajstić information content (AvgIpc) is 2.81. The molecule has 106 valence electrons. The van der Waals surface area contributed by atoms with Gasteiger partial charge in [0.1, 0.15) is 0 Å². The Hall–Kier alpha value is -1.56. The van der Waals surface area contributed by atoms with Crippen LogP contribution < -0.4 is 5.32 Å². The van der Waals surface area contributed by atoms with Gasteiger partial charge in [-0.15, -0.1) is 0 Å². The summed E-state index contributed by atoms with van der Waals surface area (Å²) >= 11 is 0. The first-order valence-corrected chi connectivity index (χ1v) is 6.86. The number of nitrogens with zero attached hydrogens (tertiary/aromatic N) is 2. The van der Waals surface area contributed by atoms with Gasteiger partial charge in [0, 0.05) is 25.3 Å². The second-order valence-electron chi connectivity index (χ2n) is 5.07. The lowest BCUT2D eigenvalue weighted by Crippen LogP contribution is -2.45. The summed E-state index contributed by atoms with van der Waals surface area (Å²) < 4.78 is 0. The van der Waals surface area contributed by atoms with Crippen LogP contribution in [0.1, 0.15) is 30.5 Å². The minimum absolute atomic E-state index is 0.0178. The Labute approximate surface area is 113 Å². The van der Waals surface area contributed by atoms with Gasteiger partial charge in [0.15, 0.2) is 0 Å². The fourth-order valence-electron chi connectivity index (χ4n) is 2.28. The van der Waals surface area contributed by atoms with Crippen LogP contribution in [0.2, 0.25) is 0 Å². The zero-order valence-corrected chi connectivity index (χ0v) is 11.4. The van der Waals surface area contributed by atoms with Crippen LogP contribution in [-0.2, 0) is 6.42 Å². The molecule has 0 unspecified atom stereocenters. The van der Waals surface area contributed by atoms with Gasteiger partial charge in [-0.1, -0.05) is 0 Å². The molecule has 1 aromatic rings. The van der Waals surface area contributed by atoms with Crippen molar-refractivity contribution in [2.45, 2.75) is 38.7 Å². The number of aliphatic hydroxyl groups is 1. The van der Waals surface area contributed by atoms with E-state index in [1.165, 1.54) is 5.56 Å². The average molecular weight is 266 g/mol. The van der Waals surface area contributed by atoms with E-state index in [2.05, 4.69) is 15.5 Å². The number of H-pyrrole nitrogens is 1. The number of aryl methyl sites for hydroxylation is 2. The summed E-state index contributed by atoms with van der Waals surface area (Å²) in [6, 6.07) is -0.0178. The second-order valence-corrected chi connectivity index (χ2v) is 5.07. The number of aliphatic hydroxyl groups excluding tert-OH is 1. The lowest BCUT2D eigenvalue weighted by Gasteiger charge is -2.29. The van der Waals surface area contributed by atoms with Gasteiger partial charge in [0.05, 0.1) is 12.3 Å². The molecule has 1 fully saturated rings. The van der Waals surface area contributed by atoms with Crippen LogP contribution in [0.3, 0.4) is 0 Å². The Morgan fingerprint density at radius 2 is 2.32 bits per heavy atom. The molecule has 0 spiro atoms. The fraction of sp³-hybridized carbons (Fsp3) is 0.692. The SMILES string of the molecule is Cc1[nH]ncc1CCCNC(=O)N1CCC(O)CC1. The van der Waals surface area contributed by atoms with Crippen LogP contribution in [0.15, 0.2) is 6.20 Å². The molecule has 2 amide bonds. The molecule has 6 heteroatoms. The van der Waals surface area contributed by atoms with Crippen LogP contribution in [0.25, 0.3) is 0 Å². The van der Waals surface area contributed by atoms with Crippen molar-refractivity contribution in [2.75, 3.05) is 19.6 Å². The number of hydrogen-bond donors (Lipinski definition) is 3. The van der Waals surface area contributed by atoms with E-state index in [1.807, 2.05) is 13.1 Å². The number of piperidine rings is 1. The van der Waals surface area contributed by atoms with Crippen LogP contribution in [0, 0.1) is 6.92 Å². The van der Waals surface area contributed by atoms with Crippen molar-refractivity contribution >= 4 is 6.03 Å². The third kappa shape index (κ3) is 3.96. The van der Waals surface area contributed by atoms with E-state index in [1.54, 1.807) is 4.90 Å². The van der Waals surface area contributed by atoms with Gasteiger partial charge in [-0.05, 0) is 38.2 Å². The maximum atomic E-state index is 11.8. The number of urea groups is 1. The van der Waals surface area contributed by atoms with Crippen molar-refractivity contribution in [1.29, 1.82) is 0 Å². The predicted molar refractivity (Wildman–Crippen MR) is 71.9 cm³/mol. The minimum atomic E-state index is -0.242. The molecule has 19 heavy (non-hydrogen) atoms. The van der Waals surface area contributed by atoms with Gasteiger partial charge >= 0.3 is 6.03 Å². The van der Waals surface area contributed by atoms with Crippen molar-refractivity contribution in [2.24, 2.45) is 0 Å². The van der Waals surface area contributed by atoms with Gasteiger partial charge in [-0.3, -0.25) is 5.10 Å². The van der Waals surface area contributed by atoms with Gasteiger partial charge < -0.3 is 15.3 Å². The molecule has 2 rings (SSSR count). The molecule has 0 bridgehead atoms. The normalized spacial score (nSPS) is 16.6. The zero-order chi connectivity index (χ0) is 13.7. The first kappa shape index (κ1) is 13.9. The summed E-state index contributed by atoms with van der Waals surface area (Å²) in [5.41, 5.74) is 2.30. The van der Waals surface area contributed by atoms with Crippen molar-refractivity contribution in [3.63, 3.8) is 0 Å². The highest BCUT2D eigenvalue weighted by Crippen LogP contribution is 2.10. The molecule has 0 radical (unpaired) electrons. The van der Waals surface area contributed by atoms with Crippen molar-refractivity contribution in [3.8, 4) is 0 Å². The first-order chi connectivity index (χ1) is 9.16. The van der Waals surface area contributed by atoms with E-state index in [0.29, 0.717) is 32.5 Å². The number of nitrogens with one attached hydrogen (secondary N) is 2. The Bertz CT molecular complexity index is 411. The summed E-state index contributed by atoms with van der Waals surface area (Å²) in [6.07, 6.45) is 4.78. The molecule has 0 aliphatic carbocycles. The van der Waals surface area contributed by atoms with Crippen LogP contribution >= 0.6 is 0 Å². The lowest BCUT2D eigenvalue weighted by atomic mass is 10.1. The fourth-order valence-corrected chi connectivity index (χ4v) is 2.28. The number of rotatable bonds is 4. The van der Waals surface area contributed by atoms with Gasteiger partial charge in [0.2, 0.25) is 0 Å². The van der Waals surface area contributed by atoms with Gasteiger partial charge in [-0.2, -0.15) is 5.10 Å². The summed E-state index contributed by atoms with van der Waals surface area (Å²) in [5, 5.41) is 19.2. The molecule has 1 aliphatic heterocycles. The number of aromatic nitrogens is 2. The number of carbonyl (C=O) groups is 1. The lowest BCUT2D eigenvalue weighted by molar-refractivity contribution is 0.0937. The summed E-state index contributed by atoms with van der Waals surface area (Å²) in [4.78, 5) is 13.6. The summed E-state index contributed by atoms with van der Waals surface area (Å²) in [7, 11) is 0. The molecule has 1 aromatic heterocycles. The zero-order valence-electron chi connectivity index (χ0n) is 11.4. The summed E-state index contributed by atoms with van der Waals surface area (Å²) in [5.74, 6) is 0. The third-order valence-corrected chi connectivity index (χ3v) is 3.59. The van der Waals surface area contributed by atoms with E-state index in [0.717, 1.165) is 18.5 Å². The number of amides is 2. The minimum Gasteiger partial charge on any atom is -0.393 e. The Morgan fingerprint density at radius 3 is 2.95 bits per heavy atom. The number of hydrogen-bond acceptors (Lipinski definition) is 3. The van der Waals surface area contributed by atoms with E-state index in [9.17, 15) is 9.90 Å². The van der Waals surface area contributed by atoms with Crippen molar-refractivity contribution < 1.29 is 9.90 Å². The Kier molecular flexibility index (Phi) is 4.79. The monoisotopic (exact) mass is 266 g/mol. The van der Waals surface area contributed by atoms with E-state index < -0.39 is 0 Å². The van der Waals surface area contributed by atoms with Crippen molar-refractivity contribution in [3.05, 3.63) is 17.5 Å². The second kappa shape index (κ2) is 6.56. The number of aromatic amines is 1. The predicted octanol–water partition coefficient (Wildman–Crippen LogP) is 0.817. The van der Waals surface area contributed by atoms with Gasteiger partial charge in [0.25, 0.3) is 0 Å². The van der Waals surface area contributed by atoms with Crippen LogP contribution in [-0.4, -0.2) is 52.0 Å². The standard InChI is InChI=1S/C13H22N4O2/c1-10-11(9-15-16-10)3-2-6-14-13(19)17-7-4-12(18)5-8-17/h9,12,18H,2-8H2,1H3,(H,14,19)(H,15,16). The maximum absolute atomic E-state index is 11.8.